The van der Waals surface area contributed by atoms with Gasteiger partial charge in [-0.2, -0.15) is 0 Å². The standard InChI is InChI=1S/C16H26N2/c1-2-4-8-14(7-3-1)13-18-12-6-10-16(18)15-9-5-11-17-15/h5,9,11,14,16-17H,1-4,6-8,10,12-13H2/t16-/m1/s1. The van der Waals surface area contributed by atoms with E-state index in [0.29, 0.717) is 6.04 Å². The maximum atomic E-state index is 3.42. The molecule has 1 aliphatic heterocycles. The van der Waals surface area contributed by atoms with Crippen molar-refractivity contribution in [2.24, 2.45) is 5.92 Å². The van der Waals surface area contributed by atoms with Gasteiger partial charge in [0.25, 0.3) is 0 Å². The number of H-pyrrole nitrogens is 1. The highest BCUT2D eigenvalue weighted by atomic mass is 15.2. The molecule has 1 aliphatic carbocycles. The van der Waals surface area contributed by atoms with Crippen molar-refractivity contribution < 1.29 is 0 Å². The molecule has 1 atom stereocenters. The van der Waals surface area contributed by atoms with E-state index in [0.717, 1.165) is 5.92 Å². The summed E-state index contributed by atoms with van der Waals surface area (Å²) in [4.78, 5) is 6.15. The molecule has 1 aromatic heterocycles. The molecule has 0 amide bonds. The minimum atomic E-state index is 0.670. The predicted molar refractivity (Wildman–Crippen MR) is 75.5 cm³/mol. The quantitative estimate of drug-likeness (QED) is 0.795. The summed E-state index contributed by atoms with van der Waals surface area (Å²) in [6.07, 6.45) is 13.6. The van der Waals surface area contributed by atoms with E-state index in [1.54, 1.807) is 0 Å². The van der Waals surface area contributed by atoms with E-state index < -0.39 is 0 Å². The number of aromatic nitrogens is 1. The molecule has 2 aliphatic rings. The van der Waals surface area contributed by atoms with Gasteiger partial charge < -0.3 is 4.98 Å². The topological polar surface area (TPSA) is 19.0 Å². The molecule has 0 unspecified atom stereocenters. The molecule has 2 fully saturated rings. The lowest BCUT2D eigenvalue weighted by atomic mass is 9.99. The summed E-state index contributed by atoms with van der Waals surface area (Å²) in [6, 6.07) is 5.07. The highest BCUT2D eigenvalue weighted by molar-refractivity contribution is 5.11. The Bertz CT molecular complexity index is 336. The third-order valence-corrected chi connectivity index (χ3v) is 4.81. The van der Waals surface area contributed by atoms with E-state index in [2.05, 4.69) is 28.2 Å². The number of likely N-dealkylation sites (tertiary alicyclic amines) is 1. The molecule has 2 heteroatoms. The van der Waals surface area contributed by atoms with Gasteiger partial charge in [0.15, 0.2) is 0 Å². The summed E-state index contributed by atoms with van der Waals surface area (Å²) in [6.45, 7) is 2.64. The third kappa shape index (κ3) is 2.80. The van der Waals surface area contributed by atoms with Crippen molar-refractivity contribution in [3.63, 3.8) is 0 Å². The van der Waals surface area contributed by atoms with Gasteiger partial charge in [-0.15, -0.1) is 0 Å². The zero-order valence-corrected chi connectivity index (χ0v) is 11.4. The molecule has 2 heterocycles. The van der Waals surface area contributed by atoms with Crippen LogP contribution in [0.25, 0.3) is 0 Å². The molecule has 2 nitrogen and oxygen atoms in total. The van der Waals surface area contributed by atoms with Gasteiger partial charge in [-0.3, -0.25) is 4.90 Å². The van der Waals surface area contributed by atoms with Gasteiger partial charge in [0.2, 0.25) is 0 Å². The first-order valence-corrected chi connectivity index (χ1v) is 7.81. The molecule has 1 N–H and O–H groups in total. The normalized spacial score (nSPS) is 27.4. The van der Waals surface area contributed by atoms with Crippen molar-refractivity contribution in [1.82, 2.24) is 9.88 Å². The maximum absolute atomic E-state index is 3.42. The fourth-order valence-corrected chi connectivity index (χ4v) is 3.83. The number of nitrogens with one attached hydrogen (secondary N) is 1. The number of aromatic amines is 1. The molecule has 1 aromatic rings. The fourth-order valence-electron chi connectivity index (χ4n) is 3.83. The molecule has 3 rings (SSSR count). The highest BCUT2D eigenvalue weighted by Crippen LogP contribution is 2.33. The van der Waals surface area contributed by atoms with Crippen LogP contribution < -0.4 is 0 Å². The van der Waals surface area contributed by atoms with Crippen molar-refractivity contribution in [3.05, 3.63) is 24.0 Å². The van der Waals surface area contributed by atoms with Crippen LogP contribution in [0.15, 0.2) is 18.3 Å². The van der Waals surface area contributed by atoms with Crippen LogP contribution in [0.1, 0.15) is 63.1 Å². The summed E-state index contributed by atoms with van der Waals surface area (Å²) < 4.78 is 0. The molecule has 100 valence electrons. The molecule has 0 bridgehead atoms. The van der Waals surface area contributed by atoms with E-state index in [-0.39, 0.29) is 0 Å². The van der Waals surface area contributed by atoms with Crippen molar-refractivity contribution >= 4 is 0 Å². The summed E-state index contributed by atoms with van der Waals surface area (Å²) in [5.41, 5.74) is 1.43. The van der Waals surface area contributed by atoms with Gasteiger partial charge in [-0.25, -0.2) is 0 Å². The summed E-state index contributed by atoms with van der Waals surface area (Å²) in [7, 11) is 0. The van der Waals surface area contributed by atoms with Crippen LogP contribution in [0.2, 0.25) is 0 Å². The summed E-state index contributed by atoms with van der Waals surface area (Å²) >= 11 is 0. The lowest BCUT2D eigenvalue weighted by molar-refractivity contribution is 0.202. The van der Waals surface area contributed by atoms with Crippen LogP contribution in [0, 0.1) is 5.92 Å². The maximum Gasteiger partial charge on any atom is 0.0498 e. The van der Waals surface area contributed by atoms with Crippen molar-refractivity contribution in [2.75, 3.05) is 13.1 Å². The smallest absolute Gasteiger partial charge is 0.0498 e. The zero-order valence-electron chi connectivity index (χ0n) is 11.4. The number of hydrogen-bond donors (Lipinski definition) is 1. The minimum Gasteiger partial charge on any atom is -0.364 e. The lowest BCUT2D eigenvalue weighted by Crippen LogP contribution is -2.29. The van der Waals surface area contributed by atoms with Crippen LogP contribution in [0.4, 0.5) is 0 Å². The van der Waals surface area contributed by atoms with E-state index in [1.165, 1.54) is 70.2 Å². The first kappa shape index (κ1) is 12.3. The lowest BCUT2D eigenvalue weighted by Gasteiger charge is -2.28. The third-order valence-electron chi connectivity index (χ3n) is 4.81. The fraction of sp³-hybridized carbons (Fsp3) is 0.750. The second kappa shape index (κ2) is 5.92. The largest absolute Gasteiger partial charge is 0.364 e. The molecule has 1 saturated heterocycles. The van der Waals surface area contributed by atoms with Gasteiger partial charge >= 0.3 is 0 Å². The van der Waals surface area contributed by atoms with E-state index in [1.807, 2.05) is 0 Å². The molecule has 0 radical (unpaired) electrons. The molecule has 0 aromatic carbocycles. The Balaban J connectivity index is 1.60. The van der Waals surface area contributed by atoms with Crippen LogP contribution >= 0.6 is 0 Å². The monoisotopic (exact) mass is 246 g/mol. The van der Waals surface area contributed by atoms with Crippen LogP contribution in [-0.2, 0) is 0 Å². The first-order chi connectivity index (χ1) is 8.93. The Morgan fingerprint density at radius 3 is 2.61 bits per heavy atom. The Morgan fingerprint density at radius 1 is 1.06 bits per heavy atom. The molecule has 1 saturated carbocycles. The predicted octanol–water partition coefficient (Wildman–Crippen LogP) is 4.12. The van der Waals surface area contributed by atoms with Crippen LogP contribution in [0.5, 0.6) is 0 Å². The van der Waals surface area contributed by atoms with Crippen molar-refractivity contribution in [2.45, 2.75) is 57.4 Å². The molecule has 0 spiro atoms. The SMILES string of the molecule is c1c[nH]c([C@H]2CCCN2CC2CCCCCC2)c1. The van der Waals surface area contributed by atoms with Gasteiger partial charge in [0.05, 0.1) is 0 Å². The molecular weight excluding hydrogens is 220 g/mol. The molecule has 18 heavy (non-hydrogen) atoms. The number of nitrogens with zero attached hydrogens (tertiary/aromatic N) is 1. The summed E-state index contributed by atoms with van der Waals surface area (Å²) in [5, 5.41) is 0. The van der Waals surface area contributed by atoms with E-state index in [4.69, 9.17) is 0 Å². The van der Waals surface area contributed by atoms with Gasteiger partial charge in [0.1, 0.15) is 0 Å². The van der Waals surface area contributed by atoms with Gasteiger partial charge in [-0.1, -0.05) is 25.7 Å². The Morgan fingerprint density at radius 2 is 1.89 bits per heavy atom. The van der Waals surface area contributed by atoms with Crippen molar-refractivity contribution in [1.29, 1.82) is 0 Å². The van der Waals surface area contributed by atoms with Crippen LogP contribution in [-0.4, -0.2) is 23.0 Å². The van der Waals surface area contributed by atoms with Crippen molar-refractivity contribution in [3.8, 4) is 0 Å². The second-order valence-electron chi connectivity index (χ2n) is 6.14. The van der Waals surface area contributed by atoms with Gasteiger partial charge in [-0.05, 0) is 50.3 Å². The average Bonchev–Trinajstić information content (AvgIpc) is 2.97. The van der Waals surface area contributed by atoms with E-state index >= 15 is 0 Å². The Labute approximate surface area is 111 Å². The highest BCUT2D eigenvalue weighted by Gasteiger charge is 2.28. The first-order valence-electron chi connectivity index (χ1n) is 7.81. The van der Waals surface area contributed by atoms with Crippen LogP contribution in [0.3, 0.4) is 0 Å². The Kier molecular flexibility index (Phi) is 4.04. The molecular formula is C16H26N2. The van der Waals surface area contributed by atoms with Gasteiger partial charge in [0, 0.05) is 24.5 Å². The number of hydrogen-bond acceptors (Lipinski definition) is 1. The summed E-state index contributed by atoms with van der Waals surface area (Å²) in [5.74, 6) is 0.961. The number of rotatable bonds is 3. The zero-order chi connectivity index (χ0) is 12.2. The average molecular weight is 246 g/mol. The van der Waals surface area contributed by atoms with E-state index in [9.17, 15) is 0 Å². The Hall–Kier alpha value is -0.760. The minimum absolute atomic E-state index is 0.670. The second-order valence-corrected chi connectivity index (χ2v) is 6.14.